The summed E-state index contributed by atoms with van der Waals surface area (Å²) >= 11 is 57.9. The third kappa shape index (κ3) is 18.5. The van der Waals surface area contributed by atoms with Crippen LogP contribution in [0.4, 0.5) is 30.2 Å². The minimum Gasteiger partial charge on any atom is -0.506 e. The molecule has 0 aliphatic carbocycles. The van der Waals surface area contributed by atoms with E-state index < -0.39 is 66.4 Å². The maximum absolute atomic E-state index is 14.7. The summed E-state index contributed by atoms with van der Waals surface area (Å²) in [5, 5.41) is 63.1. The number of aryl methyl sites for hydroxylation is 3. The molecule has 732 valence electrons. The molecule has 3 aliphatic rings. The summed E-state index contributed by atoms with van der Waals surface area (Å²) in [7, 11) is 0. The lowest BCUT2D eigenvalue weighted by Gasteiger charge is -2.45. The maximum Gasteiger partial charge on any atom is 0.276 e. The highest BCUT2D eigenvalue weighted by molar-refractivity contribution is 6.40. The number of halogens is 12. The number of carbonyl (C=O) groups is 3. The highest BCUT2D eigenvalue weighted by Gasteiger charge is 2.42. The number of carbonyl (C=O) groups excluding carboxylic acids is 3. The van der Waals surface area contributed by atoms with E-state index >= 15 is 0 Å². The largest absolute Gasteiger partial charge is 0.506 e. The fourth-order valence-electron chi connectivity index (χ4n) is 19.4. The van der Waals surface area contributed by atoms with Gasteiger partial charge >= 0.3 is 0 Å². The summed E-state index contributed by atoms with van der Waals surface area (Å²) < 4.78 is 48.2. The van der Waals surface area contributed by atoms with E-state index in [1.807, 2.05) is 119 Å². The van der Waals surface area contributed by atoms with E-state index in [0.717, 1.165) is 0 Å². The van der Waals surface area contributed by atoms with Crippen molar-refractivity contribution in [3.63, 3.8) is 0 Å². The van der Waals surface area contributed by atoms with E-state index in [4.69, 9.17) is 119 Å². The van der Waals surface area contributed by atoms with Crippen LogP contribution in [0.15, 0.2) is 107 Å². The van der Waals surface area contributed by atoms with Crippen molar-refractivity contribution in [2.75, 3.05) is 54.0 Å². The van der Waals surface area contributed by atoms with Gasteiger partial charge in [-0.05, 0) is 189 Å². The number of phenolic OH excluding ortho intramolecular Hbond substituents is 3. The molecular formula is C102H96Cl9F3N18O9. The van der Waals surface area contributed by atoms with Gasteiger partial charge in [-0.25, -0.2) is 28.1 Å². The third-order valence-corrected chi connectivity index (χ3v) is 28.9. The summed E-state index contributed by atoms with van der Waals surface area (Å²) in [6.07, 6.45) is 8.73. The van der Waals surface area contributed by atoms with Crippen LogP contribution in [-0.4, -0.2) is 167 Å². The molecule has 12 aromatic rings. The van der Waals surface area contributed by atoms with Crippen molar-refractivity contribution in [2.45, 2.75) is 179 Å². The SMILES string of the molecule is C=CC(=O)N1[C@H](C)CN(c2c(C#N)c(=O)n(-c3c(C)ccnc3C(C)C)c3nc(-c4c(C)c(Cl)c(F)c(Cl)c4O)c(Cl)cc23)C[C@@H]1C.C=CC(=O)N1[C@H](C)CN(c2c(C#N)c(=O)n(-c3c(C)ccnc3C(C)C)c3nc(-c4c(C)c(Cl)c(F)c(Cl)c4O)c(Cl)cc23)C[C@@H]1C.C=CC(=O)N1[C@H](C)CN(c2c(C#N)c(=O)n(-c3c(C)ccnc3C(C)C)c3nc(-c4c(C)c(Cl)c(F)c(Cl)c4O)c(Cl)cc23)C[C@@H]1C. The monoisotopic (exact) mass is 2090 g/mol. The van der Waals surface area contributed by atoms with Gasteiger partial charge in [0.05, 0.1) is 98.4 Å². The smallest absolute Gasteiger partial charge is 0.276 e. The Hall–Kier alpha value is -12.5. The van der Waals surface area contributed by atoms with E-state index in [1.54, 1.807) is 69.7 Å². The van der Waals surface area contributed by atoms with Crippen LogP contribution in [0.3, 0.4) is 0 Å². The number of nitriles is 3. The van der Waals surface area contributed by atoms with Crippen LogP contribution in [-0.2, 0) is 14.4 Å². The Morgan fingerprint density at radius 3 is 0.794 bits per heavy atom. The molecule has 39 heteroatoms. The van der Waals surface area contributed by atoms with Gasteiger partial charge in [-0.2, -0.15) is 15.8 Å². The molecule has 3 aliphatic heterocycles. The number of rotatable bonds is 15. The molecule has 9 aromatic heterocycles. The van der Waals surface area contributed by atoms with Crippen LogP contribution in [0, 0.1) is 93.0 Å². The van der Waals surface area contributed by atoms with Crippen LogP contribution in [0.5, 0.6) is 17.2 Å². The second-order valence-corrected chi connectivity index (χ2v) is 39.6. The Kier molecular flexibility index (Phi) is 31.2. The molecule has 3 N–H and O–H groups in total. The van der Waals surface area contributed by atoms with Gasteiger partial charge in [0.25, 0.3) is 16.7 Å². The molecule has 0 unspecified atom stereocenters. The van der Waals surface area contributed by atoms with Crippen molar-refractivity contribution < 1.29 is 42.9 Å². The van der Waals surface area contributed by atoms with Crippen LogP contribution >= 0.6 is 104 Å². The molecule has 0 saturated carbocycles. The maximum atomic E-state index is 14.7. The second kappa shape index (κ2) is 41.6. The van der Waals surface area contributed by atoms with Gasteiger partial charge in [-0.1, -0.05) is 166 Å². The van der Waals surface area contributed by atoms with E-state index in [0.29, 0.717) is 123 Å². The Morgan fingerprint density at radius 2 is 0.603 bits per heavy atom. The summed E-state index contributed by atoms with van der Waals surface area (Å²) in [4.78, 5) is 121. The topological polar surface area (TPSA) is 346 Å². The fraction of sp³-hybridized carbons (Fsp3) is 0.324. The van der Waals surface area contributed by atoms with Crippen molar-refractivity contribution in [1.29, 1.82) is 15.8 Å². The summed E-state index contributed by atoms with van der Waals surface area (Å²) in [6.45, 7) is 45.5. The Balaban J connectivity index is 0.000000178. The molecule has 3 amide bonds. The van der Waals surface area contributed by atoms with Gasteiger partial charge in [0.15, 0.2) is 17.5 Å². The number of phenols is 3. The Labute approximate surface area is 855 Å². The highest BCUT2D eigenvalue weighted by Crippen LogP contribution is 2.52. The number of nitrogens with zero attached hydrogens (tertiary/aromatic N) is 18. The van der Waals surface area contributed by atoms with E-state index in [1.165, 1.54) is 52.7 Å². The van der Waals surface area contributed by atoms with E-state index in [-0.39, 0.29) is 186 Å². The number of benzene rings is 3. The first-order valence-electron chi connectivity index (χ1n) is 44.6. The quantitative estimate of drug-likeness (QED) is 0.0634. The number of anilines is 3. The zero-order valence-corrected chi connectivity index (χ0v) is 86.7. The minimum absolute atomic E-state index is 0.00227. The minimum atomic E-state index is -0.994. The van der Waals surface area contributed by atoms with Crippen molar-refractivity contribution >= 4 is 172 Å². The third-order valence-electron chi connectivity index (χ3n) is 25.6. The number of aromatic hydroxyl groups is 3. The molecule has 15 rings (SSSR count). The first-order chi connectivity index (χ1) is 66.5. The van der Waals surface area contributed by atoms with Crippen LogP contribution in [0.2, 0.25) is 45.2 Å². The molecule has 141 heavy (non-hydrogen) atoms. The standard InChI is InChI=1S/3C34H32Cl3FN6O3/c3*1-8-23(45)43-17(5)13-42(14-18(43)6)31-20-11-22(35)29(24-19(7)25(36)27(38)26(37)32(24)46)41-33(20)44(34(47)21(31)12-39)30-16(4)9-10-40-28(30)15(2)3/h3*8-11,15,17-18,46H,1,13-14H2,2-7H3/t3*17-,18+. The number of pyridine rings is 9. The average Bonchev–Trinajstić information content (AvgIpc) is 0.725. The van der Waals surface area contributed by atoms with Crippen LogP contribution in [0.25, 0.3) is 83.9 Å². The normalized spacial score (nSPS) is 16.6. The number of hydrogen-bond donors (Lipinski definition) is 3. The zero-order valence-electron chi connectivity index (χ0n) is 79.9. The zero-order chi connectivity index (χ0) is 104. The lowest BCUT2D eigenvalue weighted by molar-refractivity contribution is -0.131. The first-order valence-corrected chi connectivity index (χ1v) is 48.0. The molecule has 0 radical (unpaired) electrons. The Morgan fingerprint density at radius 1 is 0.390 bits per heavy atom. The van der Waals surface area contributed by atoms with Crippen molar-refractivity contribution in [3.05, 3.63) is 254 Å². The van der Waals surface area contributed by atoms with Gasteiger partial charge < -0.3 is 44.7 Å². The molecule has 6 atom stereocenters. The van der Waals surface area contributed by atoms with Gasteiger partial charge in [-0.3, -0.25) is 57.4 Å². The fourth-order valence-corrected chi connectivity index (χ4v) is 21.4. The molecular weight excluding hydrogens is 2000 g/mol. The predicted molar refractivity (Wildman–Crippen MR) is 551 cm³/mol. The van der Waals surface area contributed by atoms with E-state index in [2.05, 4.69) is 52.9 Å². The molecule has 0 spiro atoms. The number of fused-ring (bicyclic) bond motifs is 3. The van der Waals surface area contributed by atoms with Gasteiger partial charge in [0.1, 0.15) is 84.2 Å². The van der Waals surface area contributed by atoms with Gasteiger partial charge in [0, 0.05) is 127 Å². The molecule has 12 heterocycles. The van der Waals surface area contributed by atoms with Crippen LogP contribution < -0.4 is 31.4 Å². The Bertz CT molecular complexity index is 6850. The molecule has 0 bridgehead atoms. The number of amides is 3. The van der Waals surface area contributed by atoms with Gasteiger partial charge in [-0.15, -0.1) is 0 Å². The van der Waals surface area contributed by atoms with Crippen molar-refractivity contribution in [1.82, 2.24) is 58.3 Å². The lowest BCUT2D eigenvalue weighted by atomic mass is 10.00. The number of piperazine rings is 3. The summed E-state index contributed by atoms with van der Waals surface area (Å²) in [5.41, 5.74) is 4.47. The lowest BCUT2D eigenvalue weighted by Crippen LogP contribution is -2.58. The molecule has 3 aromatic carbocycles. The summed E-state index contributed by atoms with van der Waals surface area (Å²) in [5.74, 6) is -5.87. The second-order valence-electron chi connectivity index (χ2n) is 36.1. The first kappa shape index (κ1) is 106. The average molecular weight is 2090 g/mol. The van der Waals surface area contributed by atoms with Gasteiger partial charge in [0.2, 0.25) is 17.7 Å². The number of aromatic nitrogens is 9. The highest BCUT2D eigenvalue weighted by atomic mass is 35.5. The number of hydrogen-bond acceptors (Lipinski definition) is 21. The van der Waals surface area contributed by atoms with Crippen molar-refractivity contribution in [3.8, 4) is 86.3 Å². The summed E-state index contributed by atoms with van der Waals surface area (Å²) in [6, 6.07) is 14.6. The van der Waals surface area contributed by atoms with Crippen LogP contribution in [0.1, 0.15) is 168 Å². The van der Waals surface area contributed by atoms with E-state index in [9.17, 15) is 73.0 Å². The van der Waals surface area contributed by atoms with Crippen molar-refractivity contribution in [2.24, 2.45) is 0 Å². The molecule has 3 fully saturated rings. The molecule has 3 saturated heterocycles. The predicted octanol–water partition coefficient (Wildman–Crippen LogP) is 22.4. The molecule has 27 nitrogen and oxygen atoms in total.